The Kier molecular flexibility index (Phi) is 5.69. The number of rotatable bonds is 4. The van der Waals surface area contributed by atoms with Gasteiger partial charge < -0.3 is 11.1 Å². The number of halogens is 1. The Labute approximate surface area is 177 Å². The van der Waals surface area contributed by atoms with Crippen LogP contribution in [0, 0.1) is 21.4 Å². The molecule has 1 heterocycles. The van der Waals surface area contributed by atoms with Crippen LogP contribution >= 0.6 is 22.9 Å². The summed E-state index contributed by atoms with van der Waals surface area (Å²) in [4.78, 5) is 36.3. The molecule has 1 atom stereocenters. The first-order chi connectivity index (χ1) is 13.5. The number of nitrogens with zero attached hydrogens (tertiary/aromatic N) is 1. The summed E-state index contributed by atoms with van der Waals surface area (Å²) in [7, 11) is 0. The molecule has 1 aromatic heterocycles. The van der Waals surface area contributed by atoms with Crippen molar-refractivity contribution in [1.82, 2.24) is 0 Å². The minimum Gasteiger partial charge on any atom is -0.365 e. The van der Waals surface area contributed by atoms with Crippen LogP contribution in [0.5, 0.6) is 0 Å². The van der Waals surface area contributed by atoms with Gasteiger partial charge in [-0.3, -0.25) is 19.7 Å². The van der Waals surface area contributed by atoms with Crippen molar-refractivity contribution in [2.45, 2.75) is 40.0 Å². The van der Waals surface area contributed by atoms with E-state index in [1.165, 1.54) is 23.5 Å². The van der Waals surface area contributed by atoms with Crippen molar-refractivity contribution in [2.24, 2.45) is 17.1 Å². The lowest BCUT2D eigenvalue weighted by atomic mass is 9.72. The Bertz CT molecular complexity index is 1010. The SMILES string of the molecule is CC(C)(C)[C@@H]1CCc2c(sc(NC(=O)c3ccc(Cl)c([N+](=O)[O-])c3)c2C(N)=O)C1. The second-order valence-electron chi connectivity index (χ2n) is 8.26. The highest BCUT2D eigenvalue weighted by molar-refractivity contribution is 7.17. The number of thiophene rings is 1. The molecule has 0 saturated carbocycles. The molecule has 0 unspecified atom stereocenters. The number of carbonyl (C=O) groups is 2. The molecule has 2 aromatic rings. The Balaban J connectivity index is 1.93. The molecule has 3 N–H and O–H groups in total. The number of nitro benzene ring substituents is 1. The lowest BCUT2D eigenvalue weighted by molar-refractivity contribution is -0.384. The van der Waals surface area contributed by atoms with Crippen LogP contribution in [0.15, 0.2) is 18.2 Å². The summed E-state index contributed by atoms with van der Waals surface area (Å²) in [5.41, 5.74) is 6.72. The predicted molar refractivity (Wildman–Crippen MR) is 114 cm³/mol. The number of benzene rings is 1. The summed E-state index contributed by atoms with van der Waals surface area (Å²) < 4.78 is 0. The van der Waals surface area contributed by atoms with Gasteiger partial charge in [-0.15, -0.1) is 11.3 Å². The minimum absolute atomic E-state index is 0.0517. The van der Waals surface area contributed by atoms with Crippen molar-refractivity contribution < 1.29 is 14.5 Å². The number of anilines is 1. The fourth-order valence-corrected chi connectivity index (χ4v) is 5.16. The molecule has 0 aliphatic heterocycles. The van der Waals surface area contributed by atoms with Crippen molar-refractivity contribution in [3.05, 3.63) is 54.9 Å². The molecule has 1 aliphatic rings. The first-order valence-electron chi connectivity index (χ1n) is 9.18. The lowest BCUT2D eigenvalue weighted by Crippen LogP contribution is -2.27. The number of carbonyl (C=O) groups excluding carboxylic acids is 2. The van der Waals surface area contributed by atoms with Crippen LogP contribution in [0.3, 0.4) is 0 Å². The van der Waals surface area contributed by atoms with Gasteiger partial charge >= 0.3 is 0 Å². The standard InChI is InChI=1S/C20H22ClN3O4S/c1-20(2,3)11-5-6-12-15(9-11)29-19(16(12)17(22)25)23-18(26)10-4-7-13(21)14(8-10)24(27)28/h4,7-8,11H,5-6,9H2,1-3H3,(H2,22,25)(H,23,26)/t11-/m1/s1. The zero-order valence-electron chi connectivity index (χ0n) is 16.4. The Hall–Kier alpha value is -2.45. The highest BCUT2D eigenvalue weighted by Gasteiger charge is 2.33. The van der Waals surface area contributed by atoms with Gasteiger partial charge in [-0.05, 0) is 48.3 Å². The molecular weight excluding hydrogens is 414 g/mol. The minimum atomic E-state index is -0.648. The van der Waals surface area contributed by atoms with Gasteiger partial charge in [0.25, 0.3) is 17.5 Å². The van der Waals surface area contributed by atoms with Gasteiger partial charge in [0.1, 0.15) is 10.0 Å². The number of nitrogens with two attached hydrogens (primary N) is 1. The van der Waals surface area contributed by atoms with Crippen molar-refractivity contribution in [3.8, 4) is 0 Å². The molecule has 154 valence electrons. The smallest absolute Gasteiger partial charge is 0.288 e. The number of fused-ring (bicyclic) bond motifs is 1. The Morgan fingerprint density at radius 2 is 2.03 bits per heavy atom. The highest BCUT2D eigenvalue weighted by atomic mass is 35.5. The zero-order chi connectivity index (χ0) is 21.5. The van der Waals surface area contributed by atoms with Crippen LogP contribution < -0.4 is 11.1 Å². The molecule has 0 spiro atoms. The maximum absolute atomic E-state index is 12.7. The van der Waals surface area contributed by atoms with Crippen molar-refractivity contribution in [3.63, 3.8) is 0 Å². The first-order valence-corrected chi connectivity index (χ1v) is 10.4. The molecule has 0 radical (unpaired) electrons. The predicted octanol–water partition coefficient (Wildman–Crippen LogP) is 4.81. The van der Waals surface area contributed by atoms with E-state index < -0.39 is 16.7 Å². The average molecular weight is 436 g/mol. The van der Waals surface area contributed by atoms with Crippen LogP contribution in [-0.4, -0.2) is 16.7 Å². The molecule has 29 heavy (non-hydrogen) atoms. The van der Waals surface area contributed by atoms with Gasteiger partial charge in [-0.2, -0.15) is 0 Å². The largest absolute Gasteiger partial charge is 0.365 e. The summed E-state index contributed by atoms with van der Waals surface area (Å²) in [5, 5.41) is 14.1. The third-order valence-electron chi connectivity index (χ3n) is 5.37. The molecule has 0 bridgehead atoms. The van der Waals surface area contributed by atoms with E-state index in [-0.39, 0.29) is 21.7 Å². The van der Waals surface area contributed by atoms with Crippen LogP contribution in [0.2, 0.25) is 5.02 Å². The monoisotopic (exact) mass is 435 g/mol. The topological polar surface area (TPSA) is 115 Å². The Morgan fingerprint density at radius 3 is 2.62 bits per heavy atom. The molecule has 0 saturated heterocycles. The number of amides is 2. The van der Waals surface area contributed by atoms with E-state index in [1.54, 1.807) is 0 Å². The van der Waals surface area contributed by atoms with Gasteiger partial charge in [0.15, 0.2) is 0 Å². The van der Waals surface area contributed by atoms with Crippen LogP contribution in [-0.2, 0) is 12.8 Å². The van der Waals surface area contributed by atoms with Crippen LogP contribution in [0.1, 0.15) is 58.3 Å². The average Bonchev–Trinajstić information content (AvgIpc) is 2.98. The van der Waals surface area contributed by atoms with E-state index in [9.17, 15) is 19.7 Å². The van der Waals surface area contributed by atoms with Crippen LogP contribution in [0.25, 0.3) is 0 Å². The molecule has 3 rings (SSSR count). The number of nitro groups is 1. The van der Waals surface area contributed by atoms with Gasteiger partial charge in [0.2, 0.25) is 0 Å². The van der Waals surface area contributed by atoms with E-state index in [1.807, 2.05) is 0 Å². The second-order valence-corrected chi connectivity index (χ2v) is 9.77. The van der Waals surface area contributed by atoms with Gasteiger partial charge in [0, 0.05) is 16.5 Å². The lowest BCUT2D eigenvalue weighted by Gasteiger charge is -2.33. The summed E-state index contributed by atoms with van der Waals surface area (Å²) in [5.74, 6) is -0.677. The van der Waals surface area contributed by atoms with Gasteiger partial charge in [-0.25, -0.2) is 0 Å². The van der Waals surface area contributed by atoms with Crippen molar-refractivity contribution in [1.29, 1.82) is 0 Å². The molecule has 1 aromatic carbocycles. The number of primary amides is 1. The molecule has 9 heteroatoms. The summed E-state index contributed by atoms with van der Waals surface area (Å²) in [6.45, 7) is 6.59. The van der Waals surface area contributed by atoms with Crippen molar-refractivity contribution in [2.75, 3.05) is 5.32 Å². The number of nitrogens with one attached hydrogen (secondary N) is 1. The number of hydrogen-bond donors (Lipinski definition) is 2. The van der Waals surface area contributed by atoms with Crippen LogP contribution in [0.4, 0.5) is 10.7 Å². The van der Waals surface area contributed by atoms with E-state index in [4.69, 9.17) is 17.3 Å². The van der Waals surface area contributed by atoms with Gasteiger partial charge in [-0.1, -0.05) is 32.4 Å². The van der Waals surface area contributed by atoms with E-state index >= 15 is 0 Å². The third-order valence-corrected chi connectivity index (χ3v) is 6.86. The summed E-state index contributed by atoms with van der Waals surface area (Å²) in [6.07, 6.45) is 2.50. The fourth-order valence-electron chi connectivity index (χ4n) is 3.64. The summed E-state index contributed by atoms with van der Waals surface area (Å²) >= 11 is 7.16. The maximum Gasteiger partial charge on any atom is 0.288 e. The van der Waals surface area contributed by atoms with Crippen molar-refractivity contribution >= 4 is 45.4 Å². The Morgan fingerprint density at radius 1 is 1.34 bits per heavy atom. The zero-order valence-corrected chi connectivity index (χ0v) is 17.9. The molecule has 1 aliphatic carbocycles. The maximum atomic E-state index is 12.7. The normalized spacial score (nSPS) is 16.2. The van der Waals surface area contributed by atoms with E-state index in [2.05, 4.69) is 26.1 Å². The summed E-state index contributed by atoms with van der Waals surface area (Å²) in [6, 6.07) is 3.82. The number of hydrogen-bond acceptors (Lipinski definition) is 5. The van der Waals surface area contributed by atoms with E-state index in [0.29, 0.717) is 16.5 Å². The second kappa shape index (κ2) is 7.76. The molecule has 2 amide bonds. The first kappa shape index (κ1) is 21.3. The highest BCUT2D eigenvalue weighted by Crippen LogP contribution is 2.44. The molecule has 0 fully saturated rings. The molecular formula is C20H22ClN3O4S. The molecule has 7 nitrogen and oxygen atoms in total. The fraction of sp³-hybridized carbons (Fsp3) is 0.400. The quantitative estimate of drug-likeness (QED) is 0.529. The van der Waals surface area contributed by atoms with Gasteiger partial charge in [0.05, 0.1) is 10.5 Å². The van der Waals surface area contributed by atoms with E-state index in [0.717, 1.165) is 35.8 Å². The third kappa shape index (κ3) is 4.28.